The predicted octanol–water partition coefficient (Wildman–Crippen LogP) is 7.60. The minimum Gasteiger partial charge on any atom is -0.406 e. The van der Waals surface area contributed by atoms with Gasteiger partial charge >= 0.3 is 12.4 Å². The highest BCUT2D eigenvalue weighted by Gasteiger charge is 2.31. The summed E-state index contributed by atoms with van der Waals surface area (Å²) >= 11 is 1.47. The van der Waals surface area contributed by atoms with Crippen LogP contribution in [-0.2, 0) is 6.42 Å². The molecule has 0 saturated carbocycles. The van der Waals surface area contributed by atoms with Crippen molar-refractivity contribution in [2.24, 2.45) is 9.98 Å². The van der Waals surface area contributed by atoms with Crippen LogP contribution in [0.5, 0.6) is 5.75 Å². The number of nitrogens with zero attached hydrogens (tertiary/aromatic N) is 6. The molecular formula is C30H26F4N6O2S. The topological polar surface area (TPSA) is 85.0 Å². The van der Waals surface area contributed by atoms with Crippen LogP contribution in [0.15, 0.2) is 89.1 Å². The summed E-state index contributed by atoms with van der Waals surface area (Å²) in [5, 5.41) is 4.89. The molecule has 5 rings (SSSR count). The SMILES string of the molecule is CCc1ccccc1N1CCCSC1=NC(=O)N=CC(F)c1ccc(-c2ncn(-c3ccc(OC(F)(F)F)cc3)n2)cc1. The van der Waals surface area contributed by atoms with Gasteiger partial charge in [0, 0.05) is 29.8 Å². The van der Waals surface area contributed by atoms with Crippen molar-refractivity contribution in [1.82, 2.24) is 14.8 Å². The Morgan fingerprint density at radius 1 is 1.09 bits per heavy atom. The summed E-state index contributed by atoms with van der Waals surface area (Å²) in [6.07, 6.45) is -2.29. The average Bonchev–Trinajstić information content (AvgIpc) is 3.50. The normalized spacial score (nSPS) is 15.7. The minimum absolute atomic E-state index is 0.276. The molecule has 0 radical (unpaired) electrons. The van der Waals surface area contributed by atoms with E-state index in [1.807, 2.05) is 29.2 Å². The van der Waals surface area contributed by atoms with Crippen LogP contribution in [0.25, 0.3) is 17.1 Å². The molecule has 8 nitrogen and oxygen atoms in total. The fraction of sp³-hybridized carbons (Fsp3) is 0.233. The highest BCUT2D eigenvalue weighted by atomic mass is 32.2. The first kappa shape index (κ1) is 30.0. The third-order valence-electron chi connectivity index (χ3n) is 6.47. The molecule has 4 aromatic rings. The second kappa shape index (κ2) is 13.2. The Bertz CT molecular complexity index is 1620. The molecule has 2 heterocycles. The summed E-state index contributed by atoms with van der Waals surface area (Å²) < 4.78 is 57.4. The summed E-state index contributed by atoms with van der Waals surface area (Å²) in [7, 11) is 0. The Balaban J connectivity index is 1.23. The Morgan fingerprint density at radius 2 is 1.84 bits per heavy atom. The van der Waals surface area contributed by atoms with Crippen molar-refractivity contribution in [1.29, 1.82) is 0 Å². The highest BCUT2D eigenvalue weighted by molar-refractivity contribution is 8.14. The van der Waals surface area contributed by atoms with Crippen molar-refractivity contribution in [2.75, 3.05) is 17.2 Å². The zero-order chi connectivity index (χ0) is 30.4. The Hall–Kier alpha value is -4.52. The smallest absolute Gasteiger partial charge is 0.406 e. The predicted molar refractivity (Wildman–Crippen MR) is 159 cm³/mol. The number of benzene rings is 3. The van der Waals surface area contributed by atoms with Gasteiger partial charge in [-0.3, -0.25) is 0 Å². The lowest BCUT2D eigenvalue weighted by atomic mass is 10.1. The van der Waals surface area contributed by atoms with E-state index in [2.05, 4.69) is 31.7 Å². The standard InChI is InChI=1S/C30H26F4N6O2S/c1-2-20-6-3-4-7-26(20)39-16-5-17-43-29(39)37-28(41)35-18-25(31)21-8-10-22(11-9-21)27-36-19-40(38-27)23-12-14-24(15-13-23)42-30(32,33)34/h3-4,6-15,18-19,25H,2,5,16-17H2,1H3. The average molecular weight is 611 g/mol. The van der Waals surface area contributed by atoms with E-state index in [0.717, 1.165) is 42.6 Å². The zero-order valence-corrected chi connectivity index (χ0v) is 23.7. The summed E-state index contributed by atoms with van der Waals surface area (Å²) in [5.41, 5.74) is 3.49. The number of hydrogen-bond donors (Lipinski definition) is 0. The van der Waals surface area contributed by atoms with Gasteiger partial charge in [-0.05, 0) is 54.3 Å². The number of aliphatic imine (C=N–C) groups is 2. The van der Waals surface area contributed by atoms with Crippen molar-refractivity contribution in [3.63, 3.8) is 0 Å². The van der Waals surface area contributed by atoms with Crippen LogP contribution in [0.2, 0.25) is 0 Å². The maximum Gasteiger partial charge on any atom is 0.573 e. The van der Waals surface area contributed by atoms with Gasteiger partial charge in [-0.25, -0.2) is 23.8 Å². The lowest BCUT2D eigenvalue weighted by molar-refractivity contribution is -0.274. The van der Waals surface area contributed by atoms with E-state index in [9.17, 15) is 22.4 Å². The van der Waals surface area contributed by atoms with E-state index in [4.69, 9.17) is 0 Å². The maximum absolute atomic E-state index is 14.9. The molecular weight excluding hydrogens is 584 g/mol. The van der Waals surface area contributed by atoms with E-state index >= 15 is 0 Å². The molecule has 13 heteroatoms. The van der Waals surface area contributed by atoms with Crippen molar-refractivity contribution < 1.29 is 27.1 Å². The van der Waals surface area contributed by atoms with Gasteiger partial charge in [0.2, 0.25) is 0 Å². The van der Waals surface area contributed by atoms with Gasteiger partial charge in [0.25, 0.3) is 0 Å². The summed E-state index contributed by atoms with van der Waals surface area (Å²) in [6, 6.07) is 18.7. The Kier molecular flexibility index (Phi) is 9.19. The van der Waals surface area contributed by atoms with Crippen molar-refractivity contribution in [3.8, 4) is 22.8 Å². The molecule has 0 spiro atoms. The van der Waals surface area contributed by atoms with E-state index in [-0.39, 0.29) is 11.3 Å². The number of ether oxygens (including phenoxy) is 1. The molecule has 1 unspecified atom stereocenters. The van der Waals surface area contributed by atoms with Crippen LogP contribution in [0.3, 0.4) is 0 Å². The molecule has 222 valence electrons. The van der Waals surface area contributed by atoms with E-state index in [1.54, 1.807) is 12.1 Å². The first-order valence-electron chi connectivity index (χ1n) is 13.4. The molecule has 1 aliphatic rings. The Labute approximate surface area is 249 Å². The van der Waals surface area contributed by atoms with E-state index in [0.29, 0.717) is 22.2 Å². The number of para-hydroxylation sites is 1. The molecule has 2 amide bonds. The monoisotopic (exact) mass is 610 g/mol. The van der Waals surface area contributed by atoms with Gasteiger partial charge in [-0.1, -0.05) is 61.2 Å². The second-order valence-corrected chi connectivity index (χ2v) is 10.4. The fourth-order valence-corrected chi connectivity index (χ4v) is 5.36. The van der Waals surface area contributed by atoms with Crippen LogP contribution in [-0.4, -0.2) is 50.8 Å². The number of rotatable bonds is 7. The van der Waals surface area contributed by atoms with Crippen molar-refractivity contribution in [3.05, 3.63) is 90.3 Å². The van der Waals surface area contributed by atoms with E-state index in [1.165, 1.54) is 59.2 Å². The lowest BCUT2D eigenvalue weighted by Crippen LogP contribution is -2.35. The van der Waals surface area contributed by atoms with Crippen LogP contribution >= 0.6 is 11.8 Å². The highest BCUT2D eigenvalue weighted by Crippen LogP contribution is 2.29. The summed E-state index contributed by atoms with van der Waals surface area (Å²) in [4.78, 5) is 26.7. The van der Waals surface area contributed by atoms with Crippen molar-refractivity contribution >= 4 is 34.9 Å². The van der Waals surface area contributed by atoms with Gasteiger partial charge in [-0.2, -0.15) is 4.99 Å². The lowest BCUT2D eigenvalue weighted by Gasteiger charge is -2.30. The number of aromatic nitrogens is 3. The number of hydrogen-bond acceptors (Lipinski definition) is 5. The van der Waals surface area contributed by atoms with Gasteiger partial charge in [0.1, 0.15) is 12.1 Å². The third-order valence-corrected chi connectivity index (χ3v) is 7.54. The molecule has 0 bridgehead atoms. The fourth-order valence-electron chi connectivity index (χ4n) is 4.41. The van der Waals surface area contributed by atoms with Gasteiger partial charge < -0.3 is 9.64 Å². The van der Waals surface area contributed by atoms with Crippen LogP contribution in [0.4, 0.5) is 28.0 Å². The Morgan fingerprint density at radius 3 is 2.56 bits per heavy atom. The number of halogens is 4. The number of alkyl halides is 4. The molecule has 3 aromatic carbocycles. The molecule has 1 saturated heterocycles. The summed E-state index contributed by atoms with van der Waals surface area (Å²) in [6.45, 7) is 2.80. The number of amides is 2. The van der Waals surface area contributed by atoms with Crippen LogP contribution in [0.1, 0.15) is 30.6 Å². The van der Waals surface area contributed by atoms with Crippen LogP contribution in [0, 0.1) is 0 Å². The van der Waals surface area contributed by atoms with Gasteiger partial charge in [-0.15, -0.1) is 18.3 Å². The molecule has 0 N–H and O–H groups in total. The number of carbonyl (C=O) groups excluding carboxylic acids is 1. The largest absolute Gasteiger partial charge is 0.573 e. The quantitative estimate of drug-likeness (QED) is 0.158. The molecule has 0 aliphatic carbocycles. The number of urea groups is 1. The number of thioether (sulfide) groups is 1. The number of aryl methyl sites for hydroxylation is 1. The maximum atomic E-state index is 14.9. The van der Waals surface area contributed by atoms with Gasteiger partial charge in [0.05, 0.1) is 5.69 Å². The third kappa shape index (κ3) is 7.66. The number of anilines is 1. The minimum atomic E-state index is -4.78. The van der Waals surface area contributed by atoms with Crippen LogP contribution < -0.4 is 9.64 Å². The summed E-state index contributed by atoms with van der Waals surface area (Å²) in [5.74, 6) is 0.810. The molecule has 43 heavy (non-hydrogen) atoms. The van der Waals surface area contributed by atoms with Crippen molar-refractivity contribution in [2.45, 2.75) is 32.3 Å². The molecule has 1 fully saturated rings. The van der Waals surface area contributed by atoms with E-state index < -0.39 is 18.6 Å². The number of amidine groups is 1. The van der Waals surface area contributed by atoms with Gasteiger partial charge in [0.15, 0.2) is 17.2 Å². The second-order valence-electron chi connectivity index (χ2n) is 9.37. The number of carbonyl (C=O) groups is 1. The first-order chi connectivity index (χ1) is 20.7. The first-order valence-corrected chi connectivity index (χ1v) is 14.4. The zero-order valence-electron chi connectivity index (χ0n) is 22.9. The molecule has 1 aromatic heterocycles. The molecule has 1 aliphatic heterocycles. The molecule has 1 atom stereocenters.